The average molecular weight is 644 g/mol. The lowest BCUT2D eigenvalue weighted by Crippen LogP contribution is -2.34. The zero-order chi connectivity index (χ0) is 31.7. The normalized spacial score (nSPS) is 11.9. The van der Waals surface area contributed by atoms with Crippen molar-refractivity contribution in [1.82, 2.24) is 9.97 Å². The van der Waals surface area contributed by atoms with E-state index in [1.165, 1.54) is 28.4 Å². The molecule has 0 N–H and O–H groups in total. The third-order valence-corrected chi connectivity index (χ3v) is 8.40. The highest BCUT2D eigenvalue weighted by molar-refractivity contribution is 7.86. The molecule has 236 valence electrons. The minimum atomic E-state index is -3.80. The molecule has 0 atom stereocenters. The molecule has 0 aliphatic rings. The van der Waals surface area contributed by atoms with Crippen molar-refractivity contribution in [3.63, 3.8) is 0 Å². The first-order valence-corrected chi connectivity index (χ1v) is 16.2. The first-order valence-electron chi connectivity index (χ1n) is 14.0. The van der Waals surface area contributed by atoms with Crippen molar-refractivity contribution >= 4 is 43.6 Å². The largest absolute Gasteiger partial charge is 0.491 e. The van der Waals surface area contributed by atoms with E-state index in [4.69, 9.17) is 28.1 Å². The summed E-state index contributed by atoms with van der Waals surface area (Å²) < 4.78 is 52.4. The predicted octanol–water partition coefficient (Wildman–Crippen LogP) is 5.86. The third-order valence-electron chi connectivity index (χ3n) is 6.01. The highest BCUT2D eigenvalue weighted by atomic mass is 32.2. The van der Waals surface area contributed by atoms with Gasteiger partial charge in [0.15, 0.2) is 0 Å². The lowest BCUT2D eigenvalue weighted by Gasteiger charge is -2.24. The molecule has 2 aromatic carbocycles. The van der Waals surface area contributed by atoms with Gasteiger partial charge >= 0.3 is 6.09 Å². The summed E-state index contributed by atoms with van der Waals surface area (Å²) >= 11 is 1.52. The van der Waals surface area contributed by atoms with E-state index in [-0.39, 0.29) is 18.1 Å². The van der Waals surface area contributed by atoms with Crippen molar-refractivity contribution in [2.24, 2.45) is 0 Å². The number of hydrogen-bond donors (Lipinski definition) is 0. The van der Waals surface area contributed by atoms with Crippen LogP contribution in [0.3, 0.4) is 0 Å². The van der Waals surface area contributed by atoms with Crippen LogP contribution in [0.25, 0.3) is 20.8 Å². The molecule has 0 spiro atoms. The van der Waals surface area contributed by atoms with Crippen LogP contribution in [0, 0.1) is 6.92 Å². The summed E-state index contributed by atoms with van der Waals surface area (Å²) in [7, 11) is -2.18. The molecule has 1 amide bonds. The molecule has 2 aromatic heterocycles. The van der Waals surface area contributed by atoms with Gasteiger partial charge in [-0.05, 0) is 70.2 Å². The van der Waals surface area contributed by atoms with Gasteiger partial charge in [-0.2, -0.15) is 8.42 Å². The SMILES string of the molecule is Cc1ccc(S(=O)(=O)OCCOCCOCCOc2ccc3nc(-c4ccc(N(C)C(=O)OC(C)(C)C)nc4)sc3c2)cc1. The smallest absolute Gasteiger partial charge is 0.415 e. The van der Waals surface area contributed by atoms with Crippen molar-refractivity contribution < 1.29 is 36.3 Å². The Labute approximate surface area is 261 Å². The standard InChI is InChI=1S/C31H37N3O8S2/c1-22-6-10-25(11-7-22)44(36,37)41-19-17-39-15-14-38-16-18-40-24-9-12-26-27(20-24)43-29(33-26)23-8-13-28(32-21-23)34(5)30(35)42-31(2,3)4/h6-13,20-21H,14-19H2,1-5H3. The lowest BCUT2D eigenvalue weighted by atomic mass is 10.2. The first-order chi connectivity index (χ1) is 20.9. The van der Waals surface area contributed by atoms with Gasteiger partial charge < -0.3 is 18.9 Å². The van der Waals surface area contributed by atoms with Gasteiger partial charge in [-0.15, -0.1) is 11.3 Å². The van der Waals surface area contributed by atoms with Crippen molar-refractivity contribution in [3.05, 3.63) is 66.4 Å². The van der Waals surface area contributed by atoms with E-state index in [9.17, 15) is 13.2 Å². The van der Waals surface area contributed by atoms with Crippen molar-refractivity contribution in [1.29, 1.82) is 0 Å². The van der Waals surface area contributed by atoms with Gasteiger partial charge in [0.05, 0.1) is 48.1 Å². The van der Waals surface area contributed by atoms with E-state index in [1.54, 1.807) is 31.4 Å². The summed E-state index contributed by atoms with van der Waals surface area (Å²) in [6, 6.07) is 15.8. The topological polar surface area (TPSA) is 126 Å². The molecule has 44 heavy (non-hydrogen) atoms. The lowest BCUT2D eigenvalue weighted by molar-refractivity contribution is 0.0279. The molecule has 2 heterocycles. The molecule has 11 nitrogen and oxygen atoms in total. The van der Waals surface area contributed by atoms with Gasteiger partial charge in [-0.3, -0.25) is 9.08 Å². The molecule has 0 saturated carbocycles. The van der Waals surface area contributed by atoms with Crippen molar-refractivity contribution in [3.8, 4) is 16.3 Å². The molecular weight excluding hydrogens is 606 g/mol. The predicted molar refractivity (Wildman–Crippen MR) is 169 cm³/mol. The number of nitrogens with zero attached hydrogens (tertiary/aromatic N) is 3. The Morgan fingerprint density at radius 2 is 1.59 bits per heavy atom. The molecule has 4 rings (SSSR count). The average Bonchev–Trinajstić information content (AvgIpc) is 3.41. The van der Waals surface area contributed by atoms with Crippen LogP contribution < -0.4 is 9.64 Å². The Morgan fingerprint density at radius 1 is 0.909 bits per heavy atom. The van der Waals surface area contributed by atoms with E-state index in [2.05, 4.69) is 4.98 Å². The van der Waals surface area contributed by atoms with Crippen LogP contribution in [0.1, 0.15) is 26.3 Å². The molecule has 0 radical (unpaired) electrons. The quantitative estimate of drug-likeness (QED) is 0.122. The maximum absolute atomic E-state index is 12.3. The number of amides is 1. The molecule has 0 unspecified atom stereocenters. The Morgan fingerprint density at radius 3 is 2.25 bits per heavy atom. The van der Waals surface area contributed by atoms with E-state index < -0.39 is 21.8 Å². The van der Waals surface area contributed by atoms with Crippen LogP contribution in [0.2, 0.25) is 0 Å². The van der Waals surface area contributed by atoms with Crippen LogP contribution in [0.5, 0.6) is 5.75 Å². The fraction of sp³-hybridized carbons (Fsp3) is 0.387. The number of aryl methyl sites for hydroxylation is 1. The van der Waals surface area contributed by atoms with Crippen LogP contribution >= 0.6 is 11.3 Å². The van der Waals surface area contributed by atoms with Gasteiger partial charge in [0, 0.05) is 18.8 Å². The Kier molecular flexibility index (Phi) is 11.3. The molecule has 0 aliphatic heterocycles. The van der Waals surface area contributed by atoms with E-state index in [0.717, 1.165) is 26.4 Å². The molecule has 0 fully saturated rings. The second kappa shape index (κ2) is 14.9. The van der Waals surface area contributed by atoms with Crippen molar-refractivity contribution in [2.45, 2.75) is 38.2 Å². The zero-order valence-corrected chi connectivity index (χ0v) is 27.1. The van der Waals surface area contributed by atoms with Crippen LogP contribution in [0.15, 0.2) is 65.7 Å². The van der Waals surface area contributed by atoms with Crippen LogP contribution in [-0.4, -0.2) is 76.8 Å². The van der Waals surface area contributed by atoms with E-state index >= 15 is 0 Å². The summed E-state index contributed by atoms with van der Waals surface area (Å²) in [5.41, 5.74) is 2.06. The highest BCUT2D eigenvalue weighted by Gasteiger charge is 2.21. The van der Waals surface area contributed by atoms with Gasteiger partial charge in [0.2, 0.25) is 0 Å². The number of rotatable bonds is 14. The van der Waals surface area contributed by atoms with Gasteiger partial charge in [-0.25, -0.2) is 14.8 Å². The summed E-state index contributed by atoms with van der Waals surface area (Å²) in [4.78, 5) is 22.9. The number of aromatic nitrogens is 2. The monoisotopic (exact) mass is 643 g/mol. The number of benzene rings is 2. The zero-order valence-electron chi connectivity index (χ0n) is 25.4. The van der Waals surface area contributed by atoms with Gasteiger partial charge in [-0.1, -0.05) is 17.7 Å². The van der Waals surface area contributed by atoms with Crippen LogP contribution in [-0.2, 0) is 28.5 Å². The number of hydrogen-bond acceptors (Lipinski definition) is 11. The summed E-state index contributed by atoms with van der Waals surface area (Å²) in [6.45, 7) is 8.75. The first kappa shape index (κ1) is 33.3. The summed E-state index contributed by atoms with van der Waals surface area (Å²) in [5, 5.41) is 0.803. The Bertz CT molecular complexity index is 1630. The minimum Gasteiger partial charge on any atom is -0.491 e. The van der Waals surface area contributed by atoms with E-state index in [1.807, 2.05) is 52.0 Å². The second-order valence-electron chi connectivity index (χ2n) is 10.8. The molecule has 0 saturated heterocycles. The highest BCUT2D eigenvalue weighted by Crippen LogP contribution is 2.32. The Hall–Kier alpha value is -3.62. The molecule has 13 heteroatoms. The second-order valence-corrected chi connectivity index (χ2v) is 13.4. The van der Waals surface area contributed by atoms with Gasteiger partial charge in [0.25, 0.3) is 10.1 Å². The fourth-order valence-electron chi connectivity index (χ4n) is 3.77. The third kappa shape index (κ3) is 9.69. The maximum Gasteiger partial charge on any atom is 0.415 e. The number of pyridine rings is 1. The minimum absolute atomic E-state index is 0.0750. The molecule has 4 aromatic rings. The number of carbonyl (C=O) groups excluding carboxylic acids is 1. The van der Waals surface area contributed by atoms with Crippen molar-refractivity contribution in [2.75, 3.05) is 51.6 Å². The van der Waals surface area contributed by atoms with E-state index in [0.29, 0.717) is 38.0 Å². The maximum atomic E-state index is 12.3. The Balaban J connectivity index is 1.15. The fourth-order valence-corrected chi connectivity index (χ4v) is 5.65. The number of carbonyl (C=O) groups is 1. The summed E-state index contributed by atoms with van der Waals surface area (Å²) in [5.74, 6) is 1.18. The number of fused-ring (bicyclic) bond motifs is 1. The molecular formula is C31H37N3O8S2. The number of ether oxygens (including phenoxy) is 4. The number of anilines is 1. The molecule has 0 bridgehead atoms. The molecule has 0 aliphatic carbocycles. The van der Waals surface area contributed by atoms with Crippen LogP contribution in [0.4, 0.5) is 10.6 Å². The number of thiazole rings is 1. The van der Waals surface area contributed by atoms with Gasteiger partial charge in [0.1, 0.15) is 28.8 Å². The summed E-state index contributed by atoms with van der Waals surface area (Å²) in [6.07, 6.45) is 1.21.